The highest BCUT2D eigenvalue weighted by atomic mass is 16.7. The zero-order valence-corrected chi connectivity index (χ0v) is 87.5. The van der Waals surface area contributed by atoms with E-state index in [-0.39, 0.29) is 184 Å². The second-order valence-electron chi connectivity index (χ2n) is 53.6. The van der Waals surface area contributed by atoms with Crippen molar-refractivity contribution in [2.75, 3.05) is 26.4 Å². The Morgan fingerprint density at radius 2 is 0.550 bits per heavy atom. The van der Waals surface area contributed by atoms with Gasteiger partial charge in [-0.2, -0.15) is 0 Å². The minimum absolute atomic E-state index is 0. The van der Waals surface area contributed by atoms with Crippen molar-refractivity contribution in [3.05, 3.63) is 0 Å². The number of rotatable bonds is 28. The Hall–Kier alpha value is -5.50. The number of cyclic esters (lactones) is 2. The fraction of sp³-hybridized carbons (Fsp3) is 0.919. The SMILES string of the molecule is C.C.C.C.C.C.C.C.C.C.C.C.CCC(C)(C)C(=O)OC12CC3CC(CC(O)(C3)C1)C2.CCC(C)(C)C(=O)OC12CC3CC(O)(CC(O)(C3)C1)C2.CCC(C)(C)C(=O)OC1C2CC3CC1CC(C(=O)OC(C)OCC14CC5CC(CC(C5)C1)C4)(C3)C2.CCC(C)(C)C(=O)OC1C2CC3CC1CC(C(=O)OC(C)OCC14CC5CC(CC(C5)C1)C4)(C3)C2.CCC(C)(C)C(=O)OC1CCOC1=O.CCC(C)(C)C(=O)OC1CCOC1=O. The standard InChI is InChI=1S/2C30H46O5.C16H26O4.C16H26O3.2C10H16O4.12CH4/c2*1-5-28(3,4)26(31)35-25-23-9-22-10-24(25)16-30(14-22,15-23)27(32)34-18(2)33-17-29-11-19-6-20(12-29)8-21(7-19)13-29;1-4-13(2,3)12(17)20-16-7-11-5-14(18,9-16)8-15(19,6-11)10-16;1-4-14(2,3)13(17)19-16-8-11-5-12(9-16)7-15(18,6-11)10-16;2*1-4-10(2,3)9(12)14-7-5-6-13-8(7)11;;;;;;;;;;;;/h2*18-25H,5-17H2,1-4H3;11,18-19H,4-10H2,1-3H3;11-12,18H,4-10H2,1-3H3;2*7H,4-6H2,1-3H3;12*1H4. The molecule has 870 valence electrons. The normalized spacial score (nSPS) is 37.6. The van der Waals surface area contributed by atoms with Gasteiger partial charge in [0.05, 0.1) is 86.6 Å². The van der Waals surface area contributed by atoms with Gasteiger partial charge in [0.25, 0.3) is 0 Å². The summed E-state index contributed by atoms with van der Waals surface area (Å²) in [5.74, 6) is 6.98. The number of aliphatic hydroxyl groups is 3. The zero-order valence-electron chi connectivity index (χ0n) is 87.5. The molecule has 2 heterocycles. The van der Waals surface area contributed by atoms with Gasteiger partial charge in [0.2, 0.25) is 12.2 Å². The molecule has 0 aromatic carbocycles. The highest BCUT2D eigenvalue weighted by Crippen LogP contribution is 2.68. The van der Waals surface area contributed by atoms with E-state index in [1.54, 1.807) is 27.7 Å². The lowest BCUT2D eigenvalue weighted by Crippen LogP contribution is -2.67. The predicted molar refractivity (Wildman–Crippen MR) is 590 cm³/mol. The van der Waals surface area contributed by atoms with Crippen molar-refractivity contribution in [2.45, 2.75) is 562 Å². The zero-order chi connectivity index (χ0) is 99.4. The Morgan fingerprint density at radius 1 is 0.302 bits per heavy atom. The van der Waals surface area contributed by atoms with Gasteiger partial charge in [0.1, 0.15) is 23.4 Å². The lowest BCUT2D eigenvalue weighted by atomic mass is 9.48. The fourth-order valence-corrected chi connectivity index (χ4v) is 31.4. The molecule has 24 saturated carbocycles. The first-order valence-electron chi connectivity index (χ1n) is 54.4. The van der Waals surface area contributed by atoms with Crippen LogP contribution in [0.5, 0.6) is 0 Å². The molecule has 0 spiro atoms. The van der Waals surface area contributed by atoms with E-state index >= 15 is 0 Å². The summed E-state index contributed by atoms with van der Waals surface area (Å²) in [4.78, 5) is 123. The van der Waals surface area contributed by atoms with Crippen LogP contribution in [0.1, 0.15) is 497 Å². The maximum atomic E-state index is 13.6. The molecule has 2 saturated heterocycles. The van der Waals surface area contributed by atoms with Gasteiger partial charge >= 0.3 is 59.7 Å². The molecule has 24 aliphatic carbocycles. The molecule has 149 heavy (non-hydrogen) atoms. The maximum Gasteiger partial charge on any atom is 0.347 e. The monoisotopic (exact) mass is 2110 g/mol. The Bertz CT molecular complexity index is 4070. The molecule has 26 fully saturated rings. The van der Waals surface area contributed by atoms with Crippen molar-refractivity contribution in [3.63, 3.8) is 0 Å². The van der Waals surface area contributed by atoms with E-state index in [0.29, 0.717) is 99.1 Å². The third-order valence-electron chi connectivity index (χ3n) is 39.3. The quantitative estimate of drug-likeness (QED) is 0.0372. The molecule has 26 rings (SSSR count). The lowest BCUT2D eigenvalue weighted by molar-refractivity contribution is -0.264. The second kappa shape index (κ2) is 51.4. The summed E-state index contributed by atoms with van der Waals surface area (Å²) < 4.78 is 68.2. The van der Waals surface area contributed by atoms with Gasteiger partial charge in [0, 0.05) is 38.5 Å². The van der Waals surface area contributed by atoms with Crippen molar-refractivity contribution < 1.29 is 120 Å². The average Bonchev–Trinajstić information content (AvgIpc) is 0.875. The Morgan fingerprint density at radius 3 is 0.819 bits per heavy atom. The number of hydrogen-bond donors (Lipinski definition) is 3. The molecular formula is C124H224O25. The molecule has 25 nitrogen and oxygen atoms in total. The first kappa shape index (κ1) is 138. The van der Waals surface area contributed by atoms with E-state index in [9.17, 15) is 63.3 Å². The second-order valence-corrected chi connectivity index (χ2v) is 53.6. The minimum Gasteiger partial charge on any atom is -0.463 e. The van der Waals surface area contributed by atoms with Crippen LogP contribution in [0, 0.1) is 143 Å². The van der Waals surface area contributed by atoms with Crippen LogP contribution in [0.15, 0.2) is 0 Å². The van der Waals surface area contributed by atoms with Crippen molar-refractivity contribution in [3.8, 4) is 0 Å². The van der Waals surface area contributed by atoms with Crippen molar-refractivity contribution >= 4 is 59.7 Å². The van der Waals surface area contributed by atoms with Gasteiger partial charge in [-0.3, -0.25) is 38.4 Å². The topological polar surface area (TPSA) is 342 Å². The van der Waals surface area contributed by atoms with E-state index < -0.39 is 102 Å². The van der Waals surface area contributed by atoms with Crippen LogP contribution in [0.25, 0.3) is 0 Å². The molecule has 3 N–H and O–H groups in total. The smallest absolute Gasteiger partial charge is 0.347 e. The maximum absolute atomic E-state index is 13.6. The molecular weight excluding hydrogens is 1890 g/mol. The van der Waals surface area contributed by atoms with Gasteiger partial charge in [-0.1, -0.05) is 131 Å². The molecule has 26 aliphatic rings. The Balaban J connectivity index is 0.000000469. The van der Waals surface area contributed by atoms with Crippen LogP contribution >= 0.6 is 0 Å². The molecule has 12 unspecified atom stereocenters. The van der Waals surface area contributed by atoms with E-state index in [1.165, 1.54) is 83.5 Å². The number of ether oxygens (including phenoxy) is 12. The summed E-state index contributed by atoms with van der Waals surface area (Å²) in [5, 5.41) is 32.0. The molecule has 0 radical (unpaired) electrons. The average molecular weight is 2120 g/mol. The van der Waals surface area contributed by atoms with Crippen molar-refractivity contribution in [1.82, 2.24) is 0 Å². The van der Waals surface area contributed by atoms with Crippen LogP contribution in [0.3, 0.4) is 0 Å². The van der Waals surface area contributed by atoms with Crippen LogP contribution in [0.4, 0.5) is 0 Å². The van der Waals surface area contributed by atoms with E-state index in [0.717, 1.165) is 184 Å². The molecule has 0 amide bonds. The number of esters is 10. The van der Waals surface area contributed by atoms with Crippen LogP contribution in [-0.2, 0) is 105 Å². The van der Waals surface area contributed by atoms with Gasteiger partial charge < -0.3 is 72.2 Å². The number of carbonyl (C=O) groups is 10. The van der Waals surface area contributed by atoms with E-state index in [2.05, 4.69) is 0 Å². The summed E-state index contributed by atoms with van der Waals surface area (Å²) in [6.07, 6.45) is 38.1. The van der Waals surface area contributed by atoms with Crippen molar-refractivity contribution in [2.24, 2.45) is 143 Å². The Kier molecular flexibility index (Phi) is 47.5. The molecule has 0 aromatic heterocycles. The van der Waals surface area contributed by atoms with Crippen LogP contribution in [-0.4, -0.2) is 166 Å². The molecule has 2 aliphatic heterocycles. The number of carbonyl (C=O) groups excluding carboxylic acids is 10. The van der Waals surface area contributed by atoms with Crippen LogP contribution < -0.4 is 0 Å². The summed E-state index contributed by atoms with van der Waals surface area (Å²) >= 11 is 0. The van der Waals surface area contributed by atoms with Crippen molar-refractivity contribution in [1.29, 1.82) is 0 Å². The van der Waals surface area contributed by atoms with E-state index in [4.69, 9.17) is 56.8 Å². The predicted octanol–water partition coefficient (Wildman–Crippen LogP) is 28.0. The third kappa shape index (κ3) is 30.1. The first-order valence-corrected chi connectivity index (χ1v) is 54.4. The first-order chi connectivity index (χ1) is 64.0. The molecule has 25 heteroatoms. The van der Waals surface area contributed by atoms with Crippen LogP contribution in [0.2, 0.25) is 0 Å². The molecule has 0 aromatic rings. The van der Waals surface area contributed by atoms with Gasteiger partial charge in [-0.15, -0.1) is 0 Å². The summed E-state index contributed by atoms with van der Waals surface area (Å²) in [6, 6.07) is 0. The van der Waals surface area contributed by atoms with E-state index in [1.807, 2.05) is 111 Å². The lowest BCUT2D eigenvalue weighted by Gasteiger charge is -2.62. The van der Waals surface area contributed by atoms with Gasteiger partial charge in [-0.25, -0.2) is 9.59 Å². The summed E-state index contributed by atoms with van der Waals surface area (Å²) in [7, 11) is 0. The third-order valence-corrected chi connectivity index (χ3v) is 39.3. The fourth-order valence-electron chi connectivity index (χ4n) is 31.4. The van der Waals surface area contributed by atoms with Gasteiger partial charge in [0.15, 0.2) is 12.6 Å². The molecule has 12 atom stereocenters. The van der Waals surface area contributed by atoms with Gasteiger partial charge in [-0.05, 0) is 428 Å². The minimum atomic E-state index is -0.842. The largest absolute Gasteiger partial charge is 0.463 e. The Labute approximate surface area is 906 Å². The highest BCUT2D eigenvalue weighted by molar-refractivity contribution is 5.84. The summed E-state index contributed by atoms with van der Waals surface area (Å²) in [5.41, 5.74) is -6.25. The highest BCUT2D eigenvalue weighted by Gasteiger charge is 2.68. The number of hydrogen-bond acceptors (Lipinski definition) is 25. The summed E-state index contributed by atoms with van der Waals surface area (Å²) in [6.45, 7) is 40.7. The molecule has 24 bridgehead atoms.